The van der Waals surface area contributed by atoms with Gasteiger partial charge in [-0.15, -0.1) is 0 Å². The molecular formula is C17H21N3O2. The fourth-order valence-corrected chi connectivity index (χ4v) is 2.03. The van der Waals surface area contributed by atoms with Crippen molar-refractivity contribution in [1.29, 1.82) is 0 Å². The molecule has 22 heavy (non-hydrogen) atoms. The number of ether oxygens (including phenoxy) is 2. The molecule has 0 heterocycles. The lowest BCUT2D eigenvalue weighted by atomic mass is 10.1. The average Bonchev–Trinajstić information content (AvgIpc) is 2.57. The Hall–Kier alpha value is -2.53. The maximum absolute atomic E-state index is 5.91. The Morgan fingerprint density at radius 1 is 1.09 bits per heavy atom. The van der Waals surface area contributed by atoms with Gasteiger partial charge in [0, 0.05) is 12.8 Å². The third-order valence-corrected chi connectivity index (χ3v) is 3.25. The number of rotatable bonds is 6. The molecule has 5 nitrogen and oxygen atoms in total. The number of guanidine groups is 1. The van der Waals surface area contributed by atoms with Crippen LogP contribution in [0.25, 0.3) is 0 Å². The lowest BCUT2D eigenvalue weighted by Gasteiger charge is -2.14. The number of nitrogens with one attached hydrogen (secondary N) is 1. The molecule has 2 aromatic carbocycles. The van der Waals surface area contributed by atoms with E-state index in [0.717, 1.165) is 17.0 Å². The summed E-state index contributed by atoms with van der Waals surface area (Å²) in [5.41, 5.74) is 7.84. The van der Waals surface area contributed by atoms with Crippen LogP contribution in [-0.2, 0) is 4.74 Å². The van der Waals surface area contributed by atoms with E-state index in [9.17, 15) is 0 Å². The van der Waals surface area contributed by atoms with Gasteiger partial charge in [-0.2, -0.15) is 0 Å². The topological polar surface area (TPSA) is 68.9 Å². The van der Waals surface area contributed by atoms with Gasteiger partial charge in [-0.1, -0.05) is 30.3 Å². The Labute approximate surface area is 130 Å². The summed E-state index contributed by atoms with van der Waals surface area (Å²) >= 11 is 0. The summed E-state index contributed by atoms with van der Waals surface area (Å²) in [6.07, 6.45) is -0.114. The van der Waals surface area contributed by atoms with E-state index in [1.807, 2.05) is 54.6 Å². The molecule has 0 aliphatic rings. The lowest BCUT2D eigenvalue weighted by Crippen LogP contribution is -2.23. The fourth-order valence-electron chi connectivity index (χ4n) is 2.03. The molecule has 0 unspecified atom stereocenters. The van der Waals surface area contributed by atoms with Crippen LogP contribution in [0.15, 0.2) is 59.6 Å². The van der Waals surface area contributed by atoms with Gasteiger partial charge in [0.25, 0.3) is 0 Å². The van der Waals surface area contributed by atoms with Gasteiger partial charge < -0.3 is 20.5 Å². The zero-order chi connectivity index (χ0) is 15.8. The standard InChI is InChI=1S/C17H21N3O2/c1-21-15-10-8-14(9-11-15)20-17(18)19-12-16(22-2)13-6-4-3-5-7-13/h3-11,16H,12H2,1-2H3,(H3,18,19,20)/t16-/m0/s1. The number of benzene rings is 2. The molecule has 5 heteroatoms. The molecule has 116 valence electrons. The molecule has 3 N–H and O–H groups in total. The summed E-state index contributed by atoms with van der Waals surface area (Å²) < 4.78 is 10.6. The Morgan fingerprint density at radius 3 is 2.36 bits per heavy atom. The predicted octanol–water partition coefficient (Wildman–Crippen LogP) is 2.81. The molecule has 2 rings (SSSR count). The Morgan fingerprint density at radius 2 is 1.77 bits per heavy atom. The molecule has 0 aromatic heterocycles. The van der Waals surface area contributed by atoms with Crippen LogP contribution in [0.1, 0.15) is 11.7 Å². The molecule has 0 bridgehead atoms. The van der Waals surface area contributed by atoms with Gasteiger partial charge in [0.15, 0.2) is 5.96 Å². The minimum atomic E-state index is -0.114. The highest BCUT2D eigenvalue weighted by atomic mass is 16.5. The van der Waals surface area contributed by atoms with Crippen LogP contribution in [0.5, 0.6) is 5.75 Å². The van der Waals surface area contributed by atoms with E-state index in [-0.39, 0.29) is 6.10 Å². The highest BCUT2D eigenvalue weighted by molar-refractivity contribution is 5.92. The van der Waals surface area contributed by atoms with Crippen LogP contribution >= 0.6 is 0 Å². The van der Waals surface area contributed by atoms with E-state index < -0.39 is 0 Å². The molecule has 0 radical (unpaired) electrons. The first-order valence-electron chi connectivity index (χ1n) is 7.01. The first-order chi connectivity index (χ1) is 10.7. The summed E-state index contributed by atoms with van der Waals surface area (Å²) in [6.45, 7) is 0.454. The van der Waals surface area contributed by atoms with Crippen LogP contribution in [0.3, 0.4) is 0 Å². The zero-order valence-corrected chi connectivity index (χ0v) is 12.8. The predicted molar refractivity (Wildman–Crippen MR) is 89.3 cm³/mol. The summed E-state index contributed by atoms with van der Waals surface area (Å²) in [7, 11) is 3.30. The van der Waals surface area contributed by atoms with E-state index >= 15 is 0 Å². The quantitative estimate of drug-likeness (QED) is 0.635. The van der Waals surface area contributed by atoms with E-state index in [1.54, 1.807) is 14.2 Å². The van der Waals surface area contributed by atoms with Gasteiger partial charge in [-0.3, -0.25) is 4.99 Å². The lowest BCUT2D eigenvalue weighted by molar-refractivity contribution is 0.111. The van der Waals surface area contributed by atoms with Gasteiger partial charge in [-0.05, 0) is 29.8 Å². The van der Waals surface area contributed by atoms with E-state index in [1.165, 1.54) is 0 Å². The number of hydrogen-bond donors (Lipinski definition) is 2. The van der Waals surface area contributed by atoms with Crippen LogP contribution in [0, 0.1) is 0 Å². The van der Waals surface area contributed by atoms with Gasteiger partial charge >= 0.3 is 0 Å². The van der Waals surface area contributed by atoms with Gasteiger partial charge in [-0.25, -0.2) is 0 Å². The highest BCUT2D eigenvalue weighted by Gasteiger charge is 2.09. The van der Waals surface area contributed by atoms with Gasteiger partial charge in [0.05, 0.1) is 13.7 Å². The summed E-state index contributed by atoms with van der Waals surface area (Å²) in [5, 5.41) is 3.04. The molecule has 0 aliphatic heterocycles. The second-order valence-electron chi connectivity index (χ2n) is 4.71. The van der Waals surface area contributed by atoms with Crippen molar-refractivity contribution >= 4 is 11.6 Å². The fraction of sp³-hybridized carbons (Fsp3) is 0.235. The van der Waals surface area contributed by atoms with Crippen molar-refractivity contribution in [2.75, 3.05) is 26.1 Å². The Kier molecular flexibility index (Phi) is 5.80. The van der Waals surface area contributed by atoms with Gasteiger partial charge in [0.2, 0.25) is 0 Å². The SMILES string of the molecule is COc1ccc(NC(N)=NC[C@H](OC)c2ccccc2)cc1. The molecule has 1 atom stereocenters. The Balaban J connectivity index is 1.96. The summed E-state index contributed by atoms with van der Waals surface area (Å²) in [6, 6.07) is 17.4. The first-order valence-corrected chi connectivity index (χ1v) is 7.01. The molecule has 0 aliphatic carbocycles. The van der Waals surface area contributed by atoms with Crippen LogP contribution in [-0.4, -0.2) is 26.7 Å². The minimum Gasteiger partial charge on any atom is -0.497 e. The van der Waals surface area contributed by atoms with Crippen molar-refractivity contribution in [2.24, 2.45) is 10.7 Å². The van der Waals surface area contributed by atoms with Crippen LogP contribution in [0.4, 0.5) is 5.69 Å². The number of aliphatic imine (C=N–C) groups is 1. The third kappa shape index (κ3) is 4.49. The Bertz CT molecular complexity index is 597. The van der Waals surface area contributed by atoms with Crippen molar-refractivity contribution in [3.8, 4) is 5.75 Å². The second kappa shape index (κ2) is 8.05. The van der Waals surface area contributed by atoms with Crippen molar-refractivity contribution < 1.29 is 9.47 Å². The van der Waals surface area contributed by atoms with Crippen LogP contribution in [0.2, 0.25) is 0 Å². The summed E-state index contributed by atoms with van der Waals surface area (Å²) in [5.74, 6) is 1.15. The average molecular weight is 299 g/mol. The molecule has 0 amide bonds. The number of anilines is 1. The van der Waals surface area contributed by atoms with Crippen molar-refractivity contribution in [1.82, 2.24) is 0 Å². The molecule has 0 saturated heterocycles. The molecular weight excluding hydrogens is 278 g/mol. The van der Waals surface area contributed by atoms with E-state index in [0.29, 0.717) is 12.5 Å². The maximum Gasteiger partial charge on any atom is 0.193 e. The van der Waals surface area contributed by atoms with Gasteiger partial charge in [0.1, 0.15) is 11.9 Å². The summed E-state index contributed by atoms with van der Waals surface area (Å²) in [4.78, 5) is 4.34. The number of hydrogen-bond acceptors (Lipinski definition) is 3. The molecule has 0 saturated carbocycles. The monoisotopic (exact) mass is 299 g/mol. The van der Waals surface area contributed by atoms with Crippen molar-refractivity contribution in [2.45, 2.75) is 6.10 Å². The van der Waals surface area contributed by atoms with E-state index in [2.05, 4.69) is 10.3 Å². The first kappa shape index (κ1) is 15.9. The van der Waals surface area contributed by atoms with Crippen LogP contribution < -0.4 is 15.8 Å². The molecule has 0 spiro atoms. The number of methoxy groups -OCH3 is 2. The van der Waals surface area contributed by atoms with Crippen molar-refractivity contribution in [3.05, 3.63) is 60.2 Å². The normalized spacial score (nSPS) is 12.7. The zero-order valence-electron chi connectivity index (χ0n) is 12.8. The highest BCUT2D eigenvalue weighted by Crippen LogP contribution is 2.17. The smallest absolute Gasteiger partial charge is 0.193 e. The third-order valence-electron chi connectivity index (χ3n) is 3.25. The number of nitrogens with zero attached hydrogens (tertiary/aromatic N) is 1. The number of nitrogens with two attached hydrogens (primary N) is 1. The molecule has 2 aromatic rings. The molecule has 0 fully saturated rings. The minimum absolute atomic E-state index is 0.114. The maximum atomic E-state index is 5.91. The second-order valence-corrected chi connectivity index (χ2v) is 4.71. The van der Waals surface area contributed by atoms with Crippen molar-refractivity contribution in [3.63, 3.8) is 0 Å². The largest absolute Gasteiger partial charge is 0.497 e. The van der Waals surface area contributed by atoms with E-state index in [4.69, 9.17) is 15.2 Å².